The highest BCUT2D eigenvalue weighted by molar-refractivity contribution is 9.10. The lowest BCUT2D eigenvalue weighted by atomic mass is 10.1. The first-order valence-corrected chi connectivity index (χ1v) is 15.3. The average molecular weight is 730 g/mol. The zero-order valence-corrected chi connectivity index (χ0v) is 26.9. The topological polar surface area (TPSA) is 137 Å². The normalized spacial score (nSPS) is 14.7. The zero-order chi connectivity index (χ0) is 32.2. The molecule has 0 unspecified atom stereocenters. The monoisotopic (exact) mass is 728 g/mol. The Bertz CT molecular complexity index is 1890. The molecular formula is C30H19BrCl2N4O7S. The largest absolute Gasteiger partial charge is 0.490 e. The number of aliphatic imine (C=N–C) groups is 1. The highest BCUT2D eigenvalue weighted by Crippen LogP contribution is 2.44. The van der Waals surface area contributed by atoms with Crippen molar-refractivity contribution < 1.29 is 24.1 Å². The Morgan fingerprint density at radius 1 is 0.933 bits per heavy atom. The fourth-order valence-corrected chi connectivity index (χ4v) is 5.93. The van der Waals surface area contributed by atoms with Crippen LogP contribution in [0.1, 0.15) is 12.5 Å². The van der Waals surface area contributed by atoms with Crippen molar-refractivity contribution in [3.05, 3.63) is 124 Å². The molecule has 1 fully saturated rings. The molecule has 0 bridgehead atoms. The van der Waals surface area contributed by atoms with Gasteiger partial charge in [0, 0.05) is 16.1 Å². The first-order valence-electron chi connectivity index (χ1n) is 12.9. The van der Waals surface area contributed by atoms with Crippen molar-refractivity contribution in [1.82, 2.24) is 0 Å². The summed E-state index contributed by atoms with van der Waals surface area (Å²) in [5.74, 6) is -0.229. The number of carbonyl (C=O) groups is 1. The van der Waals surface area contributed by atoms with E-state index in [0.29, 0.717) is 41.5 Å². The van der Waals surface area contributed by atoms with Gasteiger partial charge in [0.2, 0.25) is 5.75 Å². The van der Waals surface area contributed by atoms with Crippen LogP contribution >= 0.6 is 50.9 Å². The maximum Gasteiger partial charge on any atom is 0.318 e. The van der Waals surface area contributed by atoms with Gasteiger partial charge >= 0.3 is 5.69 Å². The number of amidine groups is 1. The third kappa shape index (κ3) is 7.28. The lowest BCUT2D eigenvalue weighted by Crippen LogP contribution is -2.28. The van der Waals surface area contributed by atoms with Gasteiger partial charge in [-0.3, -0.25) is 29.9 Å². The number of hydrogen-bond donors (Lipinski definition) is 0. The summed E-state index contributed by atoms with van der Waals surface area (Å²) in [6.45, 7) is 1.97. The molecule has 5 rings (SSSR count). The Hall–Kier alpha value is -4.43. The van der Waals surface area contributed by atoms with Crippen LogP contribution < -0.4 is 14.4 Å². The Morgan fingerprint density at radius 3 is 2.22 bits per heavy atom. The van der Waals surface area contributed by atoms with Gasteiger partial charge in [0.15, 0.2) is 16.7 Å². The number of hydrogen-bond acceptors (Lipinski definition) is 9. The Labute approximate surface area is 278 Å². The molecule has 45 heavy (non-hydrogen) atoms. The summed E-state index contributed by atoms with van der Waals surface area (Å²) in [5, 5.41) is 24.3. The molecule has 0 spiro atoms. The molecule has 1 amide bonds. The molecule has 0 aliphatic carbocycles. The highest BCUT2D eigenvalue weighted by atomic mass is 79.9. The molecule has 1 aliphatic rings. The number of amides is 1. The number of benzene rings is 4. The van der Waals surface area contributed by atoms with E-state index in [0.717, 1.165) is 30.0 Å². The van der Waals surface area contributed by atoms with Crippen molar-refractivity contribution in [3.63, 3.8) is 0 Å². The first kappa shape index (κ1) is 32.0. The summed E-state index contributed by atoms with van der Waals surface area (Å²) in [4.78, 5) is 41.6. The van der Waals surface area contributed by atoms with Crippen LogP contribution in [-0.4, -0.2) is 27.5 Å². The van der Waals surface area contributed by atoms with Crippen molar-refractivity contribution in [3.8, 4) is 17.2 Å². The van der Waals surface area contributed by atoms with Crippen LogP contribution in [0.5, 0.6) is 17.2 Å². The van der Waals surface area contributed by atoms with E-state index in [1.54, 1.807) is 73.7 Å². The summed E-state index contributed by atoms with van der Waals surface area (Å²) in [7, 11) is 0. The standard InChI is InChI=1S/C30H19BrCl2N4O7S/c1-2-43-26-14-17(13-23(31)28(26)44-25-12-11-22(36(39)40)16-24(25)37(41)42)15-27-29(38)35(21-9-5-19(33)6-10-21)30(45-27)34-20-7-3-18(32)4-8-20/h3-16H,2H2,1H3/b27-15-,34-30?. The number of non-ortho nitro benzene ring substituents is 1. The van der Waals surface area contributed by atoms with E-state index in [9.17, 15) is 25.0 Å². The van der Waals surface area contributed by atoms with Gasteiger partial charge in [-0.05, 0) is 113 Å². The number of nitro groups is 2. The van der Waals surface area contributed by atoms with Crippen molar-refractivity contribution in [1.29, 1.82) is 0 Å². The van der Waals surface area contributed by atoms with E-state index in [4.69, 9.17) is 32.7 Å². The van der Waals surface area contributed by atoms with E-state index >= 15 is 0 Å². The number of nitrogens with zero attached hydrogens (tertiary/aromatic N) is 4. The fourth-order valence-electron chi connectivity index (χ4n) is 4.14. The second-order valence-electron chi connectivity index (χ2n) is 9.13. The van der Waals surface area contributed by atoms with Gasteiger partial charge < -0.3 is 9.47 Å². The predicted octanol–water partition coefficient (Wildman–Crippen LogP) is 9.57. The van der Waals surface area contributed by atoms with Crippen molar-refractivity contribution in [2.24, 2.45) is 4.99 Å². The summed E-state index contributed by atoms with van der Waals surface area (Å²) in [6, 6.07) is 20.0. The lowest BCUT2D eigenvalue weighted by Gasteiger charge is -2.16. The summed E-state index contributed by atoms with van der Waals surface area (Å²) < 4.78 is 12.0. The Kier molecular flexibility index (Phi) is 9.73. The van der Waals surface area contributed by atoms with Crippen LogP contribution in [0.2, 0.25) is 10.0 Å². The van der Waals surface area contributed by atoms with Gasteiger partial charge in [-0.2, -0.15) is 0 Å². The molecule has 0 N–H and O–H groups in total. The SMILES string of the molecule is CCOc1cc(/C=C2\SC(=Nc3ccc(Cl)cc3)N(c3ccc(Cl)cc3)C2=O)cc(Br)c1Oc1ccc([N+](=O)[O-])cc1[N+](=O)[O-]. The second-order valence-corrected chi connectivity index (χ2v) is 11.9. The minimum Gasteiger partial charge on any atom is -0.490 e. The minimum atomic E-state index is -0.770. The fraction of sp³-hybridized carbons (Fsp3) is 0.0667. The van der Waals surface area contributed by atoms with Gasteiger partial charge in [0.05, 0.1) is 43.3 Å². The molecule has 228 valence electrons. The molecule has 11 nitrogen and oxygen atoms in total. The molecule has 0 aromatic heterocycles. The summed E-state index contributed by atoms with van der Waals surface area (Å²) in [5.41, 5.74) is 0.671. The van der Waals surface area contributed by atoms with Crippen LogP contribution in [0.25, 0.3) is 6.08 Å². The number of nitro benzene ring substituents is 2. The number of carbonyl (C=O) groups excluding carboxylic acids is 1. The number of rotatable bonds is 9. The van der Waals surface area contributed by atoms with Crippen LogP contribution in [-0.2, 0) is 4.79 Å². The van der Waals surface area contributed by atoms with E-state index in [1.807, 2.05) is 0 Å². The molecule has 4 aromatic rings. The molecule has 1 heterocycles. The molecule has 4 aromatic carbocycles. The summed E-state index contributed by atoms with van der Waals surface area (Å²) >= 11 is 16.7. The van der Waals surface area contributed by atoms with Crippen molar-refractivity contribution >= 4 is 90.8 Å². The van der Waals surface area contributed by atoms with Crippen LogP contribution in [0.15, 0.2) is 93.2 Å². The molecule has 1 aliphatic heterocycles. The number of halogens is 3. The molecule has 0 saturated carbocycles. The van der Waals surface area contributed by atoms with Gasteiger partial charge in [0.25, 0.3) is 11.6 Å². The van der Waals surface area contributed by atoms with E-state index in [-0.39, 0.29) is 29.8 Å². The average Bonchev–Trinajstić information content (AvgIpc) is 3.30. The summed E-state index contributed by atoms with van der Waals surface area (Å²) in [6.07, 6.45) is 1.66. The van der Waals surface area contributed by atoms with E-state index in [2.05, 4.69) is 20.9 Å². The lowest BCUT2D eigenvalue weighted by molar-refractivity contribution is -0.394. The Balaban J connectivity index is 1.53. The molecule has 0 atom stereocenters. The van der Waals surface area contributed by atoms with Crippen LogP contribution in [0, 0.1) is 20.2 Å². The van der Waals surface area contributed by atoms with Crippen molar-refractivity contribution in [2.75, 3.05) is 11.5 Å². The molecular weight excluding hydrogens is 711 g/mol. The number of thioether (sulfide) groups is 1. The molecule has 1 saturated heterocycles. The van der Waals surface area contributed by atoms with Gasteiger partial charge in [-0.15, -0.1) is 0 Å². The zero-order valence-electron chi connectivity index (χ0n) is 23.0. The quantitative estimate of drug-likeness (QED) is 0.0943. The smallest absolute Gasteiger partial charge is 0.318 e. The van der Waals surface area contributed by atoms with Gasteiger partial charge in [0.1, 0.15) is 0 Å². The van der Waals surface area contributed by atoms with E-state index < -0.39 is 21.2 Å². The van der Waals surface area contributed by atoms with Crippen molar-refractivity contribution in [2.45, 2.75) is 6.92 Å². The van der Waals surface area contributed by atoms with Gasteiger partial charge in [-0.1, -0.05) is 23.2 Å². The third-order valence-corrected chi connectivity index (χ3v) is 8.20. The maximum atomic E-state index is 13.8. The maximum absolute atomic E-state index is 13.8. The molecule has 0 radical (unpaired) electrons. The number of ether oxygens (including phenoxy) is 2. The second kappa shape index (κ2) is 13.7. The van der Waals surface area contributed by atoms with E-state index in [1.165, 1.54) is 4.90 Å². The third-order valence-electron chi connectivity index (χ3n) is 6.13. The van der Waals surface area contributed by atoms with Crippen LogP contribution in [0.4, 0.5) is 22.7 Å². The highest BCUT2D eigenvalue weighted by Gasteiger charge is 2.35. The predicted molar refractivity (Wildman–Crippen MR) is 178 cm³/mol. The van der Waals surface area contributed by atoms with Gasteiger partial charge in [-0.25, -0.2) is 4.99 Å². The number of anilines is 1. The Morgan fingerprint density at radius 2 is 1.60 bits per heavy atom. The van der Waals surface area contributed by atoms with Crippen LogP contribution in [0.3, 0.4) is 0 Å². The molecule has 15 heteroatoms. The first-order chi connectivity index (χ1) is 21.5. The minimum absolute atomic E-state index is 0.106.